The van der Waals surface area contributed by atoms with E-state index in [1.54, 1.807) is 0 Å². The SMILES string of the molecule is CCCCC1NC(=O)COC1=O. The summed E-state index contributed by atoms with van der Waals surface area (Å²) >= 11 is 0. The first-order valence-corrected chi connectivity index (χ1v) is 4.20. The second kappa shape index (κ2) is 4.09. The second-order valence-electron chi connectivity index (χ2n) is 2.87. The fourth-order valence-electron chi connectivity index (χ4n) is 1.13. The lowest BCUT2D eigenvalue weighted by molar-refractivity contribution is -0.157. The molecule has 1 saturated heterocycles. The zero-order valence-electron chi connectivity index (χ0n) is 7.13. The molecule has 0 aromatic rings. The minimum atomic E-state index is -0.411. The highest BCUT2D eigenvalue weighted by Crippen LogP contribution is 2.05. The lowest BCUT2D eigenvalue weighted by atomic mass is 10.1. The van der Waals surface area contributed by atoms with Crippen LogP contribution in [0.5, 0.6) is 0 Å². The van der Waals surface area contributed by atoms with Gasteiger partial charge in [-0.3, -0.25) is 4.79 Å². The molecule has 68 valence electrons. The van der Waals surface area contributed by atoms with E-state index in [0.717, 1.165) is 12.8 Å². The van der Waals surface area contributed by atoms with E-state index in [-0.39, 0.29) is 18.5 Å². The molecule has 0 aliphatic carbocycles. The number of ether oxygens (including phenoxy) is 1. The second-order valence-corrected chi connectivity index (χ2v) is 2.87. The Labute approximate surface area is 71.3 Å². The summed E-state index contributed by atoms with van der Waals surface area (Å²) in [4.78, 5) is 21.8. The van der Waals surface area contributed by atoms with E-state index in [0.29, 0.717) is 6.42 Å². The molecule has 4 nitrogen and oxygen atoms in total. The van der Waals surface area contributed by atoms with Crippen LogP contribution in [0.2, 0.25) is 0 Å². The van der Waals surface area contributed by atoms with E-state index in [1.807, 2.05) is 6.92 Å². The molecular weight excluding hydrogens is 158 g/mol. The first-order chi connectivity index (χ1) is 5.74. The van der Waals surface area contributed by atoms with Crippen molar-refractivity contribution in [2.24, 2.45) is 0 Å². The Kier molecular flexibility index (Phi) is 3.08. The fourth-order valence-corrected chi connectivity index (χ4v) is 1.13. The third-order valence-corrected chi connectivity index (χ3v) is 1.81. The lowest BCUT2D eigenvalue weighted by Crippen LogP contribution is -2.49. The largest absolute Gasteiger partial charge is 0.454 e. The maximum absolute atomic E-state index is 11.0. The molecule has 0 saturated carbocycles. The van der Waals surface area contributed by atoms with E-state index in [2.05, 4.69) is 10.1 Å². The Bertz CT molecular complexity index is 191. The van der Waals surface area contributed by atoms with Gasteiger partial charge in [0.05, 0.1) is 0 Å². The summed E-state index contributed by atoms with van der Waals surface area (Å²) in [7, 11) is 0. The molecule has 1 unspecified atom stereocenters. The van der Waals surface area contributed by atoms with E-state index in [9.17, 15) is 9.59 Å². The number of cyclic esters (lactones) is 1. The molecule has 0 spiro atoms. The average Bonchev–Trinajstić information content (AvgIpc) is 2.07. The summed E-state index contributed by atoms with van der Waals surface area (Å²) in [6.07, 6.45) is 2.63. The summed E-state index contributed by atoms with van der Waals surface area (Å²) in [5.74, 6) is -0.501. The van der Waals surface area contributed by atoms with Crippen LogP contribution >= 0.6 is 0 Å². The molecule has 1 aliphatic rings. The van der Waals surface area contributed by atoms with Crippen LogP contribution in [0.1, 0.15) is 26.2 Å². The van der Waals surface area contributed by atoms with Crippen molar-refractivity contribution in [2.45, 2.75) is 32.2 Å². The third kappa shape index (κ3) is 2.22. The molecule has 1 aliphatic heterocycles. The summed E-state index contributed by atoms with van der Waals surface area (Å²) in [6.45, 7) is 1.91. The summed E-state index contributed by atoms with van der Waals surface area (Å²) in [5, 5.41) is 2.59. The number of carbonyl (C=O) groups excluding carboxylic acids is 2. The number of morpholine rings is 1. The number of nitrogens with one attached hydrogen (secondary N) is 1. The van der Waals surface area contributed by atoms with Crippen molar-refractivity contribution < 1.29 is 14.3 Å². The van der Waals surface area contributed by atoms with Crippen LogP contribution in [0.3, 0.4) is 0 Å². The standard InChI is InChI=1S/C8H13NO3/c1-2-3-4-6-8(11)12-5-7(10)9-6/h6H,2-5H2,1H3,(H,9,10). The van der Waals surface area contributed by atoms with Gasteiger partial charge in [0.25, 0.3) is 5.91 Å². The van der Waals surface area contributed by atoms with Crippen molar-refractivity contribution in [3.8, 4) is 0 Å². The molecule has 1 amide bonds. The highest BCUT2D eigenvalue weighted by molar-refractivity contribution is 5.90. The van der Waals surface area contributed by atoms with Crippen LogP contribution in [0.25, 0.3) is 0 Å². The maximum atomic E-state index is 11.0. The van der Waals surface area contributed by atoms with Gasteiger partial charge < -0.3 is 10.1 Å². The van der Waals surface area contributed by atoms with E-state index < -0.39 is 6.04 Å². The molecule has 0 bridgehead atoms. The van der Waals surface area contributed by atoms with Crippen LogP contribution in [0.15, 0.2) is 0 Å². The van der Waals surface area contributed by atoms with Crippen molar-refractivity contribution in [2.75, 3.05) is 6.61 Å². The van der Waals surface area contributed by atoms with E-state index in [1.165, 1.54) is 0 Å². The monoisotopic (exact) mass is 171 g/mol. The quantitative estimate of drug-likeness (QED) is 0.618. The minimum Gasteiger partial charge on any atom is -0.454 e. The highest BCUT2D eigenvalue weighted by atomic mass is 16.5. The number of esters is 1. The molecular formula is C8H13NO3. The van der Waals surface area contributed by atoms with Gasteiger partial charge in [-0.1, -0.05) is 19.8 Å². The summed E-state index contributed by atoms with van der Waals surface area (Å²) in [5.41, 5.74) is 0. The van der Waals surface area contributed by atoms with Crippen molar-refractivity contribution in [3.05, 3.63) is 0 Å². The van der Waals surface area contributed by atoms with Gasteiger partial charge in [0, 0.05) is 0 Å². The normalized spacial score (nSPS) is 23.2. The average molecular weight is 171 g/mol. The molecule has 1 atom stereocenters. The number of carbonyl (C=O) groups is 2. The predicted octanol–water partition coefficient (Wildman–Crippen LogP) is 0.218. The highest BCUT2D eigenvalue weighted by Gasteiger charge is 2.26. The molecule has 1 heterocycles. The van der Waals surface area contributed by atoms with Crippen LogP contribution < -0.4 is 5.32 Å². The number of hydrogen-bond donors (Lipinski definition) is 1. The van der Waals surface area contributed by atoms with Gasteiger partial charge in [-0.05, 0) is 6.42 Å². The van der Waals surface area contributed by atoms with Gasteiger partial charge >= 0.3 is 5.97 Å². The molecule has 12 heavy (non-hydrogen) atoms. The van der Waals surface area contributed by atoms with Crippen molar-refractivity contribution in [1.82, 2.24) is 5.32 Å². The van der Waals surface area contributed by atoms with Crippen molar-refractivity contribution in [3.63, 3.8) is 0 Å². The van der Waals surface area contributed by atoms with Gasteiger partial charge in [0.15, 0.2) is 6.61 Å². The Morgan fingerprint density at radius 1 is 1.58 bits per heavy atom. The number of unbranched alkanes of at least 4 members (excludes halogenated alkanes) is 1. The fraction of sp³-hybridized carbons (Fsp3) is 0.750. The molecule has 0 aromatic heterocycles. The van der Waals surface area contributed by atoms with Crippen molar-refractivity contribution >= 4 is 11.9 Å². The smallest absolute Gasteiger partial charge is 0.329 e. The van der Waals surface area contributed by atoms with Gasteiger partial charge in [-0.2, -0.15) is 0 Å². The van der Waals surface area contributed by atoms with Crippen molar-refractivity contribution in [1.29, 1.82) is 0 Å². The summed E-state index contributed by atoms with van der Waals surface area (Å²) in [6, 6.07) is -0.411. The minimum absolute atomic E-state index is 0.124. The van der Waals surface area contributed by atoms with Gasteiger partial charge in [-0.25, -0.2) is 4.79 Å². The predicted molar refractivity (Wildman–Crippen MR) is 42.4 cm³/mol. The lowest BCUT2D eigenvalue weighted by Gasteiger charge is -2.21. The number of hydrogen-bond acceptors (Lipinski definition) is 3. The Hall–Kier alpha value is -1.06. The van der Waals surface area contributed by atoms with Crippen LogP contribution in [-0.4, -0.2) is 24.5 Å². The number of rotatable bonds is 3. The zero-order chi connectivity index (χ0) is 8.97. The van der Waals surface area contributed by atoms with Crippen LogP contribution in [0.4, 0.5) is 0 Å². The van der Waals surface area contributed by atoms with Crippen LogP contribution in [0, 0.1) is 0 Å². The van der Waals surface area contributed by atoms with Gasteiger partial charge in [0.1, 0.15) is 6.04 Å². The topological polar surface area (TPSA) is 55.4 Å². The molecule has 1 rings (SSSR count). The molecule has 1 N–H and O–H groups in total. The molecule has 0 radical (unpaired) electrons. The summed E-state index contributed by atoms with van der Waals surface area (Å²) < 4.78 is 4.65. The third-order valence-electron chi connectivity index (χ3n) is 1.81. The molecule has 1 fully saturated rings. The van der Waals surface area contributed by atoms with Gasteiger partial charge in [0.2, 0.25) is 0 Å². The Morgan fingerprint density at radius 2 is 2.33 bits per heavy atom. The van der Waals surface area contributed by atoms with Crippen LogP contribution in [-0.2, 0) is 14.3 Å². The van der Waals surface area contributed by atoms with E-state index >= 15 is 0 Å². The Morgan fingerprint density at radius 3 is 3.00 bits per heavy atom. The molecule has 0 aromatic carbocycles. The number of amides is 1. The zero-order valence-corrected chi connectivity index (χ0v) is 7.13. The first-order valence-electron chi connectivity index (χ1n) is 4.20. The molecule has 4 heteroatoms. The first kappa shape index (κ1) is 9.03. The Balaban J connectivity index is 2.38. The van der Waals surface area contributed by atoms with E-state index in [4.69, 9.17) is 0 Å². The maximum Gasteiger partial charge on any atom is 0.329 e. The van der Waals surface area contributed by atoms with Gasteiger partial charge in [-0.15, -0.1) is 0 Å².